The van der Waals surface area contributed by atoms with Crippen molar-refractivity contribution in [2.75, 3.05) is 19.7 Å². The topological polar surface area (TPSA) is 74.9 Å². The van der Waals surface area contributed by atoms with Gasteiger partial charge in [0, 0.05) is 37.0 Å². The number of amides is 1. The minimum Gasteiger partial charge on any atom is -0.396 e. The summed E-state index contributed by atoms with van der Waals surface area (Å²) in [5.41, 5.74) is -0.218. The smallest absolute Gasteiger partial charge is 0.271 e. The molecule has 1 aliphatic heterocycles. The van der Waals surface area contributed by atoms with Crippen molar-refractivity contribution >= 4 is 22.2 Å². The molecule has 1 fully saturated rings. The highest BCUT2D eigenvalue weighted by molar-refractivity contribution is 7.16. The Morgan fingerprint density at radius 2 is 2.38 bits per heavy atom. The number of fused-ring (bicyclic) bond motifs is 1. The molecule has 1 unspecified atom stereocenters. The second-order valence-electron chi connectivity index (χ2n) is 5.41. The van der Waals surface area contributed by atoms with E-state index in [2.05, 4.69) is 4.98 Å². The van der Waals surface area contributed by atoms with Crippen LogP contribution in [0.1, 0.15) is 28.1 Å². The molecule has 1 atom stereocenters. The summed E-state index contributed by atoms with van der Waals surface area (Å²) in [4.78, 5) is 32.4. The van der Waals surface area contributed by atoms with Gasteiger partial charge in [-0.15, -0.1) is 11.3 Å². The number of nitrogens with zero attached hydrogens (tertiary/aromatic N) is 3. The molecule has 1 amide bonds. The van der Waals surface area contributed by atoms with Crippen LogP contribution in [0.3, 0.4) is 0 Å². The average molecular weight is 307 g/mol. The molecule has 2 aromatic rings. The Morgan fingerprint density at radius 1 is 1.57 bits per heavy atom. The van der Waals surface area contributed by atoms with Gasteiger partial charge in [0.25, 0.3) is 11.5 Å². The van der Waals surface area contributed by atoms with E-state index in [1.165, 1.54) is 21.9 Å². The number of aliphatic hydroxyl groups excluding tert-OH is 1. The van der Waals surface area contributed by atoms with E-state index in [0.717, 1.165) is 17.7 Å². The summed E-state index contributed by atoms with van der Waals surface area (Å²) >= 11 is 1.42. The molecule has 0 saturated carbocycles. The maximum absolute atomic E-state index is 12.5. The number of likely N-dealkylation sites (tertiary alicyclic amines) is 1. The lowest BCUT2D eigenvalue weighted by Crippen LogP contribution is -2.43. The fourth-order valence-corrected chi connectivity index (χ4v) is 3.50. The summed E-state index contributed by atoms with van der Waals surface area (Å²) < 4.78 is 1.43. The first-order valence-electron chi connectivity index (χ1n) is 6.98. The number of carbonyl (C=O) groups excluding carboxylic acids is 1. The van der Waals surface area contributed by atoms with Crippen molar-refractivity contribution in [2.45, 2.75) is 19.8 Å². The van der Waals surface area contributed by atoms with Gasteiger partial charge in [0.15, 0.2) is 4.96 Å². The lowest BCUT2D eigenvalue weighted by Gasteiger charge is -2.31. The molecule has 0 aromatic carbocycles. The molecule has 1 saturated heterocycles. The standard InChI is InChI=1S/C14H17N3O3S/c1-9-6-17-13(20)11(5-15-14(17)21-9)12(19)16-4-2-3-10(7-16)8-18/h5-6,10,18H,2-4,7-8H2,1H3. The number of carbonyl (C=O) groups is 1. The Morgan fingerprint density at radius 3 is 3.14 bits per heavy atom. The number of rotatable bonds is 2. The van der Waals surface area contributed by atoms with Crippen molar-refractivity contribution in [3.05, 3.63) is 33.2 Å². The quantitative estimate of drug-likeness (QED) is 0.895. The van der Waals surface area contributed by atoms with Crippen LogP contribution in [-0.2, 0) is 0 Å². The number of hydrogen-bond donors (Lipinski definition) is 1. The van der Waals surface area contributed by atoms with Gasteiger partial charge < -0.3 is 10.0 Å². The molecule has 7 heteroatoms. The largest absolute Gasteiger partial charge is 0.396 e. The molecule has 112 valence electrons. The number of thiazole rings is 1. The maximum Gasteiger partial charge on any atom is 0.271 e. The minimum absolute atomic E-state index is 0.0732. The molecule has 6 nitrogen and oxygen atoms in total. The second-order valence-corrected chi connectivity index (χ2v) is 6.63. The van der Waals surface area contributed by atoms with E-state index in [0.29, 0.717) is 18.1 Å². The van der Waals surface area contributed by atoms with Gasteiger partial charge in [-0.25, -0.2) is 4.98 Å². The Balaban J connectivity index is 1.94. The van der Waals surface area contributed by atoms with E-state index in [9.17, 15) is 14.7 Å². The lowest BCUT2D eigenvalue weighted by atomic mass is 9.98. The summed E-state index contributed by atoms with van der Waals surface area (Å²) in [6.07, 6.45) is 4.85. The van der Waals surface area contributed by atoms with Crippen LogP contribution in [0.5, 0.6) is 0 Å². The molecule has 0 bridgehead atoms. The van der Waals surface area contributed by atoms with Crippen molar-refractivity contribution in [1.29, 1.82) is 0 Å². The first-order chi connectivity index (χ1) is 10.1. The van der Waals surface area contributed by atoms with Gasteiger partial charge in [-0.05, 0) is 25.7 Å². The summed E-state index contributed by atoms with van der Waals surface area (Å²) in [5.74, 6) is -0.186. The van der Waals surface area contributed by atoms with Crippen molar-refractivity contribution in [3.8, 4) is 0 Å². The van der Waals surface area contributed by atoms with E-state index < -0.39 is 0 Å². The number of hydrogen-bond acceptors (Lipinski definition) is 5. The Kier molecular flexibility index (Phi) is 3.77. The lowest BCUT2D eigenvalue weighted by molar-refractivity contribution is 0.0618. The van der Waals surface area contributed by atoms with Crippen LogP contribution in [0.15, 0.2) is 17.2 Å². The van der Waals surface area contributed by atoms with Crippen LogP contribution >= 0.6 is 11.3 Å². The van der Waals surface area contributed by atoms with Gasteiger partial charge in [0.1, 0.15) is 5.56 Å². The molecule has 21 heavy (non-hydrogen) atoms. The van der Waals surface area contributed by atoms with Crippen LogP contribution in [0.2, 0.25) is 0 Å². The van der Waals surface area contributed by atoms with Crippen molar-refractivity contribution in [1.82, 2.24) is 14.3 Å². The fourth-order valence-electron chi connectivity index (χ4n) is 2.71. The van der Waals surface area contributed by atoms with Crippen molar-refractivity contribution in [3.63, 3.8) is 0 Å². The number of aliphatic hydroxyl groups is 1. The zero-order valence-electron chi connectivity index (χ0n) is 11.8. The third-order valence-electron chi connectivity index (χ3n) is 3.82. The normalized spacial score (nSPS) is 19.1. The maximum atomic E-state index is 12.5. The van der Waals surface area contributed by atoms with Gasteiger partial charge in [-0.3, -0.25) is 14.0 Å². The van der Waals surface area contributed by atoms with Gasteiger partial charge in [0.05, 0.1) is 0 Å². The highest BCUT2D eigenvalue weighted by Gasteiger charge is 2.26. The number of piperidine rings is 1. The predicted octanol–water partition coefficient (Wildman–Crippen LogP) is 0.909. The third kappa shape index (κ3) is 2.58. The van der Waals surface area contributed by atoms with E-state index in [1.807, 2.05) is 6.92 Å². The molecule has 1 aliphatic rings. The van der Waals surface area contributed by atoms with Crippen molar-refractivity contribution < 1.29 is 9.90 Å². The Hall–Kier alpha value is -1.73. The third-order valence-corrected chi connectivity index (χ3v) is 4.73. The monoisotopic (exact) mass is 307 g/mol. The summed E-state index contributed by atoms with van der Waals surface area (Å²) in [6, 6.07) is 0. The first kappa shape index (κ1) is 14.2. The summed E-state index contributed by atoms with van der Waals surface area (Å²) in [7, 11) is 0. The van der Waals surface area contributed by atoms with Crippen LogP contribution in [0.4, 0.5) is 0 Å². The SMILES string of the molecule is Cc1cn2c(=O)c(C(=O)N3CCCC(CO)C3)cnc2s1. The number of aromatic nitrogens is 2. The Bertz CT molecular complexity index is 737. The highest BCUT2D eigenvalue weighted by atomic mass is 32.1. The van der Waals surface area contributed by atoms with E-state index >= 15 is 0 Å². The molecule has 0 aliphatic carbocycles. The molecule has 2 aromatic heterocycles. The molecule has 0 radical (unpaired) electrons. The van der Waals surface area contributed by atoms with Gasteiger partial charge in [0.2, 0.25) is 0 Å². The van der Waals surface area contributed by atoms with E-state index in [4.69, 9.17) is 0 Å². The molecular formula is C14H17N3O3S. The first-order valence-corrected chi connectivity index (χ1v) is 7.79. The van der Waals surface area contributed by atoms with Crippen LogP contribution in [0.25, 0.3) is 4.96 Å². The zero-order chi connectivity index (χ0) is 15.0. The minimum atomic E-state index is -0.319. The molecular weight excluding hydrogens is 290 g/mol. The van der Waals surface area contributed by atoms with Gasteiger partial charge in [-0.1, -0.05) is 0 Å². The molecule has 1 N–H and O–H groups in total. The van der Waals surface area contributed by atoms with Gasteiger partial charge >= 0.3 is 0 Å². The molecule has 3 heterocycles. The van der Waals surface area contributed by atoms with Crippen molar-refractivity contribution in [2.24, 2.45) is 5.92 Å². The predicted molar refractivity (Wildman–Crippen MR) is 79.8 cm³/mol. The number of aryl methyl sites for hydroxylation is 1. The second kappa shape index (κ2) is 5.57. The van der Waals surface area contributed by atoms with Crippen LogP contribution in [-0.4, -0.2) is 45.0 Å². The van der Waals surface area contributed by atoms with E-state index in [-0.39, 0.29) is 29.6 Å². The summed E-state index contributed by atoms with van der Waals surface area (Å²) in [5, 5.41) is 9.25. The fraction of sp³-hybridized carbons (Fsp3) is 0.500. The van der Waals surface area contributed by atoms with E-state index in [1.54, 1.807) is 11.1 Å². The molecule has 3 rings (SSSR count). The highest BCUT2D eigenvalue weighted by Crippen LogP contribution is 2.18. The Labute approximate surface area is 125 Å². The average Bonchev–Trinajstić information content (AvgIpc) is 2.88. The van der Waals surface area contributed by atoms with Gasteiger partial charge in [-0.2, -0.15) is 0 Å². The van der Waals surface area contributed by atoms with Crippen LogP contribution in [0, 0.1) is 12.8 Å². The molecule has 0 spiro atoms. The zero-order valence-corrected chi connectivity index (χ0v) is 12.6. The van der Waals surface area contributed by atoms with Crippen LogP contribution < -0.4 is 5.56 Å². The summed E-state index contributed by atoms with van der Waals surface area (Å²) in [6.45, 7) is 3.10.